The van der Waals surface area contributed by atoms with Crippen LogP contribution in [0.4, 0.5) is 0 Å². The molecule has 2 aromatic rings. The van der Waals surface area contributed by atoms with Gasteiger partial charge in [-0.3, -0.25) is 9.80 Å². The van der Waals surface area contributed by atoms with Gasteiger partial charge in [0.2, 0.25) is 0 Å². The fourth-order valence-corrected chi connectivity index (χ4v) is 3.99. The first kappa shape index (κ1) is 38.0. The minimum Gasteiger partial charge on any atom is 0 e. The third-order valence-electron chi connectivity index (χ3n) is 5.61. The summed E-state index contributed by atoms with van der Waals surface area (Å²) >= 11 is 6.12. The van der Waals surface area contributed by atoms with Crippen molar-refractivity contribution in [1.29, 1.82) is 0 Å². The predicted molar refractivity (Wildman–Crippen MR) is 136 cm³/mol. The Kier molecular flexibility index (Phi) is 25.1. The van der Waals surface area contributed by atoms with Gasteiger partial charge in [0.05, 0.1) is 19.3 Å². The fraction of sp³-hybridized carbons (Fsp3) is 0.429. The first-order valence-corrected chi connectivity index (χ1v) is 12.2. The Morgan fingerprint density at radius 3 is 2.00 bits per heavy atom. The molecular weight excluding hydrogens is 548 g/mol. The summed E-state index contributed by atoms with van der Waals surface area (Å²) in [6.07, 6.45) is 1.92. The van der Waals surface area contributed by atoms with E-state index >= 15 is 0 Å². The van der Waals surface area contributed by atoms with Crippen LogP contribution in [0.25, 0.3) is 0 Å². The van der Waals surface area contributed by atoms with Crippen LogP contribution in [0.2, 0.25) is 5.02 Å². The number of hydrogen-bond acceptors (Lipinski definition) is 5. The molecule has 10 heteroatoms. The third kappa shape index (κ3) is 14.7. The molecule has 1 aliphatic rings. The number of esters is 1. The van der Waals surface area contributed by atoms with Crippen molar-refractivity contribution in [2.45, 2.75) is 25.8 Å². The Bertz CT molecular complexity index is 902. The predicted octanol–water partition coefficient (Wildman–Crippen LogP) is 4.29. The summed E-state index contributed by atoms with van der Waals surface area (Å²) in [5.41, 5.74) is 2.55. The number of ether oxygens (including phenoxy) is 2. The molecule has 1 aliphatic heterocycles. The fourth-order valence-electron chi connectivity index (χ4n) is 3.86. The molecule has 0 amide bonds. The number of unbranched alkanes of at least 4 members (excludes halogenated alkanes) is 1. The van der Waals surface area contributed by atoms with E-state index in [0.717, 1.165) is 50.6 Å². The quantitative estimate of drug-likeness (QED) is 0.171. The number of hydrogen-bond donors (Lipinski definition) is 0. The normalized spacial score (nSPS) is 13.4. The van der Waals surface area contributed by atoms with Gasteiger partial charge in [-0.25, -0.2) is 4.79 Å². The molecule has 0 unspecified atom stereocenters. The maximum absolute atomic E-state index is 11.6. The summed E-state index contributed by atoms with van der Waals surface area (Å²) in [4.78, 5) is 16.5. The molecule has 0 aliphatic carbocycles. The number of halogens is 1. The van der Waals surface area contributed by atoms with Gasteiger partial charge >= 0.3 is 39.9 Å². The molecular formula is C28H33ClCrN2O6. The van der Waals surface area contributed by atoms with E-state index in [0.29, 0.717) is 13.2 Å². The first-order valence-electron chi connectivity index (χ1n) is 11.8. The van der Waals surface area contributed by atoms with E-state index in [2.05, 4.69) is 79.1 Å². The van der Waals surface area contributed by atoms with E-state index < -0.39 is 0 Å². The molecule has 0 aromatic heterocycles. The van der Waals surface area contributed by atoms with E-state index in [1.54, 1.807) is 0 Å². The maximum Gasteiger partial charge on any atom is 0 e. The standard InChI is InChI=1S/C25H33ClN2O3.3CO.Cr/c1-2-3-18-31-24(29)20-30-19-17-27-13-15-28(16-14-27)25(21-7-5-4-6-8-21)22-9-11-23(26)12-10-22;3*1-2;/h4-12,25H,2-3,13-20H2,1H3;;;;/t25-;;;;/m1..../s1. The second-order valence-electron chi connectivity index (χ2n) is 7.87. The van der Waals surface area contributed by atoms with Crippen LogP contribution in [0.3, 0.4) is 0 Å². The van der Waals surface area contributed by atoms with Gasteiger partial charge in [0, 0.05) is 55.1 Å². The largest absolute Gasteiger partial charge is 0 e. The molecule has 8 nitrogen and oxygen atoms in total. The number of piperazine rings is 1. The van der Waals surface area contributed by atoms with Crippen LogP contribution in [0.15, 0.2) is 54.6 Å². The van der Waals surface area contributed by atoms with Gasteiger partial charge in [0.15, 0.2) is 0 Å². The topological polar surface area (TPSA) is 102 Å². The van der Waals surface area contributed by atoms with Crippen molar-refractivity contribution < 1.29 is 45.6 Å². The zero-order valence-electron chi connectivity index (χ0n) is 21.5. The number of carbonyl (C=O) groups is 1. The molecule has 1 fully saturated rings. The summed E-state index contributed by atoms with van der Waals surface area (Å²) < 4.78 is 33.1. The second kappa shape index (κ2) is 25.1. The number of carbonyl (C=O) groups excluding carboxylic acids is 1. The van der Waals surface area contributed by atoms with Gasteiger partial charge < -0.3 is 9.47 Å². The van der Waals surface area contributed by atoms with Crippen molar-refractivity contribution in [1.82, 2.24) is 9.80 Å². The van der Waals surface area contributed by atoms with Crippen molar-refractivity contribution in [3.8, 4) is 0 Å². The zero-order valence-corrected chi connectivity index (χ0v) is 23.5. The zero-order chi connectivity index (χ0) is 27.9. The molecule has 0 spiro atoms. The monoisotopic (exact) mass is 580 g/mol. The van der Waals surface area contributed by atoms with Crippen LogP contribution in [-0.4, -0.2) is 68.3 Å². The summed E-state index contributed by atoms with van der Waals surface area (Å²) in [7, 11) is 0. The summed E-state index contributed by atoms with van der Waals surface area (Å²) in [5.74, 6) is -0.271. The third-order valence-corrected chi connectivity index (χ3v) is 5.86. The van der Waals surface area contributed by atoms with Crippen LogP contribution >= 0.6 is 11.6 Å². The van der Waals surface area contributed by atoms with Gasteiger partial charge in [-0.1, -0.05) is 67.4 Å². The molecule has 3 rings (SSSR count). The number of rotatable bonds is 11. The Morgan fingerprint density at radius 2 is 1.45 bits per heavy atom. The summed E-state index contributed by atoms with van der Waals surface area (Å²) in [5, 5.41) is 0.759. The summed E-state index contributed by atoms with van der Waals surface area (Å²) in [6.45, 7) is 21.4. The van der Waals surface area contributed by atoms with Crippen molar-refractivity contribution >= 4 is 17.6 Å². The van der Waals surface area contributed by atoms with Crippen LogP contribution in [0.5, 0.6) is 0 Å². The minimum absolute atomic E-state index is 0. The van der Waals surface area contributed by atoms with E-state index in [9.17, 15) is 4.79 Å². The molecule has 0 bridgehead atoms. The van der Waals surface area contributed by atoms with Gasteiger partial charge in [0.25, 0.3) is 0 Å². The van der Waals surface area contributed by atoms with Crippen molar-refractivity contribution in [3.05, 3.63) is 90.7 Å². The molecule has 0 N–H and O–H groups in total. The average molecular weight is 581 g/mol. The van der Waals surface area contributed by atoms with Crippen LogP contribution in [0, 0.1) is 20.0 Å². The van der Waals surface area contributed by atoms with Gasteiger partial charge in [-0.15, -0.1) is 0 Å². The van der Waals surface area contributed by atoms with Crippen molar-refractivity contribution in [3.63, 3.8) is 0 Å². The summed E-state index contributed by atoms with van der Waals surface area (Å²) in [6, 6.07) is 19.0. The maximum atomic E-state index is 11.6. The van der Waals surface area contributed by atoms with Crippen molar-refractivity contribution in [2.75, 3.05) is 52.5 Å². The van der Waals surface area contributed by atoms with Gasteiger partial charge in [-0.2, -0.15) is 0 Å². The Morgan fingerprint density at radius 1 is 0.895 bits per heavy atom. The van der Waals surface area contributed by atoms with Crippen LogP contribution < -0.4 is 0 Å². The average Bonchev–Trinajstić information content (AvgIpc) is 2.97. The van der Waals surface area contributed by atoms with Crippen LogP contribution in [-0.2, 0) is 45.6 Å². The number of benzene rings is 2. The molecule has 2 aromatic carbocycles. The first-order chi connectivity index (χ1) is 18.2. The minimum atomic E-state index is -0.271. The van der Waals surface area contributed by atoms with Crippen molar-refractivity contribution in [2.24, 2.45) is 0 Å². The van der Waals surface area contributed by atoms with E-state index in [1.165, 1.54) is 11.1 Å². The van der Waals surface area contributed by atoms with Gasteiger partial charge in [0.1, 0.15) is 6.61 Å². The van der Waals surface area contributed by atoms with Crippen LogP contribution in [0.1, 0.15) is 36.9 Å². The Balaban J connectivity index is 0. The molecule has 204 valence electrons. The molecule has 1 heterocycles. The van der Waals surface area contributed by atoms with E-state index in [4.69, 9.17) is 35.0 Å². The Hall–Kier alpha value is -2.17. The smallest absolute Gasteiger partial charge is 0 e. The molecule has 1 saturated heterocycles. The molecule has 0 radical (unpaired) electrons. The molecule has 0 saturated carbocycles. The molecule has 1 atom stereocenters. The molecule has 38 heavy (non-hydrogen) atoms. The number of nitrogens with zero attached hydrogens (tertiary/aromatic N) is 2. The Labute approximate surface area is 241 Å². The second-order valence-corrected chi connectivity index (χ2v) is 8.31. The van der Waals surface area contributed by atoms with E-state index in [-0.39, 0.29) is 36.0 Å². The van der Waals surface area contributed by atoms with E-state index in [1.807, 2.05) is 12.1 Å². The SMILES string of the molecule is CCCCOC(=O)COCCN1CCN([C@H](c2ccccc2)c2ccc(Cl)cc2)CC1.[C-]#[O+].[C-]#[O+].[C-]#[O+].[Cr]. The van der Waals surface area contributed by atoms with Gasteiger partial charge in [-0.05, 0) is 29.7 Å².